The summed E-state index contributed by atoms with van der Waals surface area (Å²) in [5.41, 5.74) is 2.74. The van der Waals surface area contributed by atoms with Crippen LogP contribution in [0.25, 0.3) is 10.2 Å². The number of carbonyl (C=O) groups is 2. The lowest BCUT2D eigenvalue weighted by atomic mass is 10.1. The summed E-state index contributed by atoms with van der Waals surface area (Å²) in [5.74, 6) is 0.647. The fourth-order valence-corrected chi connectivity index (χ4v) is 3.63. The molecule has 0 fully saturated rings. The van der Waals surface area contributed by atoms with Crippen LogP contribution in [-0.4, -0.2) is 23.4 Å². The third kappa shape index (κ3) is 5.53. The molecule has 0 aliphatic carbocycles. The number of fused-ring (bicyclic) bond motifs is 1. The zero-order valence-electron chi connectivity index (χ0n) is 16.0. The number of carbonyl (C=O) groups excluding carboxylic acids is 2. The summed E-state index contributed by atoms with van der Waals surface area (Å²) in [5, 5.41) is 6.19. The van der Waals surface area contributed by atoms with Gasteiger partial charge in [-0.3, -0.25) is 9.59 Å². The number of nitrogens with one attached hydrogen (secondary N) is 2. The molecule has 3 rings (SSSR count). The molecule has 0 unspecified atom stereocenters. The molecule has 1 heterocycles. The third-order valence-electron chi connectivity index (χ3n) is 3.99. The lowest BCUT2D eigenvalue weighted by molar-refractivity contribution is -0.120. The van der Waals surface area contributed by atoms with Crippen LogP contribution >= 0.6 is 11.3 Å². The number of rotatable bonds is 8. The summed E-state index contributed by atoms with van der Waals surface area (Å²) in [6.07, 6.45) is 1.26. The van der Waals surface area contributed by atoms with Gasteiger partial charge in [-0.05, 0) is 41.8 Å². The van der Waals surface area contributed by atoms with Gasteiger partial charge in [-0.15, -0.1) is 0 Å². The second-order valence-corrected chi connectivity index (χ2v) is 7.48. The number of nitrogens with zero attached hydrogens (tertiary/aromatic N) is 1. The topological polar surface area (TPSA) is 80.3 Å². The molecule has 146 valence electrons. The van der Waals surface area contributed by atoms with Crippen LogP contribution in [0.1, 0.15) is 31.4 Å². The molecule has 1 aromatic heterocycles. The number of benzene rings is 2. The number of amides is 2. The van der Waals surface area contributed by atoms with Crippen molar-refractivity contribution in [3.63, 3.8) is 0 Å². The van der Waals surface area contributed by atoms with Crippen LogP contribution in [-0.2, 0) is 22.6 Å². The van der Waals surface area contributed by atoms with Crippen molar-refractivity contribution in [1.82, 2.24) is 10.3 Å². The first-order valence-corrected chi connectivity index (χ1v) is 10.0. The quantitative estimate of drug-likeness (QED) is 0.604. The Morgan fingerprint density at radius 2 is 1.86 bits per heavy atom. The molecule has 0 aliphatic rings. The molecule has 3 aromatic rings. The van der Waals surface area contributed by atoms with E-state index in [9.17, 15) is 9.59 Å². The first-order valence-electron chi connectivity index (χ1n) is 9.19. The standard InChI is InChI=1S/C21H23N3O3S/c1-3-10-27-17-7-4-15(5-8-17)13-22-20(26)12-16-6-9-18-19(11-16)28-21(24-18)23-14(2)25/h4-9,11H,3,10,12-13H2,1-2H3,(H,22,26)(H,23,24,25). The Balaban J connectivity index is 1.54. The minimum Gasteiger partial charge on any atom is -0.494 e. The van der Waals surface area contributed by atoms with Crippen LogP contribution in [0.15, 0.2) is 42.5 Å². The highest BCUT2D eigenvalue weighted by molar-refractivity contribution is 7.22. The van der Waals surface area contributed by atoms with Crippen molar-refractivity contribution >= 4 is 38.5 Å². The number of thiazole rings is 1. The molecule has 0 saturated carbocycles. The largest absolute Gasteiger partial charge is 0.494 e. The molecule has 2 N–H and O–H groups in total. The molecular formula is C21H23N3O3S. The zero-order chi connectivity index (χ0) is 19.9. The predicted octanol–water partition coefficient (Wildman–Crippen LogP) is 3.90. The lowest BCUT2D eigenvalue weighted by Crippen LogP contribution is -2.24. The van der Waals surface area contributed by atoms with Gasteiger partial charge < -0.3 is 15.4 Å². The molecule has 0 aliphatic heterocycles. The van der Waals surface area contributed by atoms with E-state index in [0.717, 1.165) is 33.5 Å². The van der Waals surface area contributed by atoms with E-state index in [1.165, 1.54) is 18.3 Å². The minimum atomic E-state index is -0.149. The first-order chi connectivity index (χ1) is 13.5. The third-order valence-corrected chi connectivity index (χ3v) is 4.92. The number of anilines is 1. The molecule has 0 spiro atoms. The summed E-state index contributed by atoms with van der Waals surface area (Å²) in [6.45, 7) is 4.70. The van der Waals surface area contributed by atoms with Gasteiger partial charge in [0.25, 0.3) is 0 Å². The van der Waals surface area contributed by atoms with Crippen molar-refractivity contribution < 1.29 is 14.3 Å². The Morgan fingerprint density at radius 3 is 2.57 bits per heavy atom. The fourth-order valence-electron chi connectivity index (χ4n) is 2.66. The van der Waals surface area contributed by atoms with Crippen molar-refractivity contribution in [2.45, 2.75) is 33.2 Å². The molecule has 7 heteroatoms. The predicted molar refractivity (Wildman–Crippen MR) is 112 cm³/mol. The summed E-state index contributed by atoms with van der Waals surface area (Å²) in [6, 6.07) is 13.4. The van der Waals surface area contributed by atoms with Crippen LogP contribution < -0.4 is 15.4 Å². The Hall–Kier alpha value is -2.93. The SMILES string of the molecule is CCCOc1ccc(CNC(=O)Cc2ccc3nc(NC(C)=O)sc3c2)cc1. The summed E-state index contributed by atoms with van der Waals surface area (Å²) in [7, 11) is 0. The van der Waals surface area contributed by atoms with Crippen molar-refractivity contribution in [3.8, 4) is 5.75 Å². The molecule has 0 saturated heterocycles. The maximum absolute atomic E-state index is 12.3. The number of hydrogen-bond acceptors (Lipinski definition) is 5. The van der Waals surface area contributed by atoms with Crippen LogP contribution in [0, 0.1) is 0 Å². The molecule has 2 amide bonds. The Bertz CT molecular complexity index is 967. The number of aromatic nitrogens is 1. The van der Waals surface area contributed by atoms with Crippen molar-refractivity contribution in [3.05, 3.63) is 53.6 Å². The Kier molecular flexibility index (Phi) is 6.60. The van der Waals surface area contributed by atoms with Crippen LogP contribution in [0.5, 0.6) is 5.75 Å². The average molecular weight is 398 g/mol. The zero-order valence-corrected chi connectivity index (χ0v) is 16.8. The molecule has 0 bridgehead atoms. The molecule has 0 atom stereocenters. The molecule has 2 aromatic carbocycles. The van der Waals surface area contributed by atoms with E-state index in [1.807, 2.05) is 42.5 Å². The highest BCUT2D eigenvalue weighted by Crippen LogP contribution is 2.27. The van der Waals surface area contributed by atoms with E-state index in [0.29, 0.717) is 24.7 Å². The number of ether oxygens (including phenoxy) is 1. The van der Waals surface area contributed by atoms with Gasteiger partial charge in [0.05, 0.1) is 23.2 Å². The van der Waals surface area contributed by atoms with Gasteiger partial charge >= 0.3 is 0 Å². The van der Waals surface area contributed by atoms with E-state index in [1.54, 1.807) is 0 Å². The summed E-state index contributed by atoms with van der Waals surface area (Å²) < 4.78 is 6.50. The molecular weight excluding hydrogens is 374 g/mol. The van der Waals surface area contributed by atoms with Gasteiger partial charge in [-0.1, -0.05) is 36.5 Å². The van der Waals surface area contributed by atoms with E-state index in [-0.39, 0.29) is 11.8 Å². The maximum atomic E-state index is 12.3. The van der Waals surface area contributed by atoms with Crippen molar-refractivity contribution in [2.75, 3.05) is 11.9 Å². The van der Waals surface area contributed by atoms with Gasteiger partial charge in [0.1, 0.15) is 5.75 Å². The van der Waals surface area contributed by atoms with E-state index in [2.05, 4.69) is 22.5 Å². The smallest absolute Gasteiger partial charge is 0.224 e. The summed E-state index contributed by atoms with van der Waals surface area (Å²) >= 11 is 1.40. The minimum absolute atomic E-state index is 0.0442. The molecule has 0 radical (unpaired) electrons. The van der Waals surface area contributed by atoms with Crippen LogP contribution in [0.2, 0.25) is 0 Å². The van der Waals surface area contributed by atoms with Crippen molar-refractivity contribution in [2.24, 2.45) is 0 Å². The average Bonchev–Trinajstić information content (AvgIpc) is 3.06. The highest BCUT2D eigenvalue weighted by atomic mass is 32.1. The monoisotopic (exact) mass is 397 g/mol. The second kappa shape index (κ2) is 9.32. The number of hydrogen-bond donors (Lipinski definition) is 2. The van der Waals surface area contributed by atoms with E-state index in [4.69, 9.17) is 4.74 Å². The fraction of sp³-hybridized carbons (Fsp3) is 0.286. The Labute approximate surface area is 167 Å². The van der Waals surface area contributed by atoms with Crippen molar-refractivity contribution in [1.29, 1.82) is 0 Å². The normalized spacial score (nSPS) is 10.6. The van der Waals surface area contributed by atoms with Gasteiger partial charge in [-0.25, -0.2) is 4.98 Å². The van der Waals surface area contributed by atoms with E-state index < -0.39 is 0 Å². The van der Waals surface area contributed by atoms with Gasteiger partial charge in [0.2, 0.25) is 11.8 Å². The van der Waals surface area contributed by atoms with Gasteiger partial charge in [-0.2, -0.15) is 0 Å². The lowest BCUT2D eigenvalue weighted by Gasteiger charge is -2.08. The van der Waals surface area contributed by atoms with Crippen LogP contribution in [0.4, 0.5) is 5.13 Å². The van der Waals surface area contributed by atoms with Gasteiger partial charge in [0.15, 0.2) is 5.13 Å². The highest BCUT2D eigenvalue weighted by Gasteiger charge is 2.08. The first kappa shape index (κ1) is 19.8. The maximum Gasteiger partial charge on any atom is 0.224 e. The molecule has 6 nitrogen and oxygen atoms in total. The molecule has 28 heavy (non-hydrogen) atoms. The Morgan fingerprint density at radius 1 is 1.11 bits per heavy atom. The second-order valence-electron chi connectivity index (χ2n) is 6.45. The van der Waals surface area contributed by atoms with E-state index >= 15 is 0 Å². The van der Waals surface area contributed by atoms with Gasteiger partial charge in [0, 0.05) is 13.5 Å². The summed E-state index contributed by atoms with van der Waals surface area (Å²) in [4.78, 5) is 27.8. The van der Waals surface area contributed by atoms with Crippen LogP contribution in [0.3, 0.4) is 0 Å².